The zero-order chi connectivity index (χ0) is 42.0. The van der Waals surface area contributed by atoms with Gasteiger partial charge in [-0.3, -0.25) is 0 Å². The number of carbonyl (C=O) groups excluding carboxylic acids is 2. The van der Waals surface area contributed by atoms with E-state index in [1.54, 1.807) is 38.5 Å². The molecule has 5 rings (SSSR count). The second-order valence-corrected chi connectivity index (χ2v) is 16.8. The molecule has 58 heavy (non-hydrogen) atoms. The number of fused-ring (bicyclic) bond motifs is 6. The van der Waals surface area contributed by atoms with Crippen LogP contribution in [0.15, 0.2) is 94.3 Å². The van der Waals surface area contributed by atoms with Crippen LogP contribution in [0, 0.1) is 34.5 Å². The average molecular weight is 803 g/mol. The minimum Gasteiger partial charge on any atom is -0.457 e. The number of esters is 2. The minimum absolute atomic E-state index is 0.0534. The van der Waals surface area contributed by atoms with Crippen LogP contribution in [0.2, 0.25) is 0 Å². The van der Waals surface area contributed by atoms with Crippen LogP contribution < -0.4 is 0 Å². The molecule has 0 saturated heterocycles. The lowest BCUT2D eigenvalue weighted by Crippen LogP contribution is -2.42. The Morgan fingerprint density at radius 3 is 1.40 bits per heavy atom. The third-order valence-electron chi connectivity index (χ3n) is 11.7. The molecule has 2 aromatic rings. The van der Waals surface area contributed by atoms with Gasteiger partial charge < -0.3 is 38.0 Å². The normalized spacial score (nSPS) is 31.3. The van der Waals surface area contributed by atoms with Crippen molar-refractivity contribution in [2.75, 3.05) is 14.2 Å². The average Bonchev–Trinajstić information content (AvgIpc) is 4.00. The molecule has 2 fully saturated rings. The van der Waals surface area contributed by atoms with Gasteiger partial charge >= 0.3 is 11.9 Å². The van der Waals surface area contributed by atoms with Gasteiger partial charge in [0.05, 0.1) is 37.3 Å². The Kier molecular flexibility index (Phi) is 15.5. The number of aliphatic hydroxyl groups is 2. The quantitative estimate of drug-likeness (QED) is 0.197. The molecule has 0 unspecified atom stereocenters. The number of hydrogen-bond acceptors (Lipinski definition) is 12. The van der Waals surface area contributed by atoms with Gasteiger partial charge in [0.2, 0.25) is 0 Å². The summed E-state index contributed by atoms with van der Waals surface area (Å²) in [7, 11) is 3.22. The number of rotatable bonds is 8. The molecule has 2 N–H and O–H groups in total. The van der Waals surface area contributed by atoms with Crippen molar-refractivity contribution in [2.24, 2.45) is 34.5 Å². The fraction of sp³-hybridized carbons (Fsp3) is 0.565. The number of methoxy groups -OCH3 is 2. The van der Waals surface area contributed by atoms with Gasteiger partial charge in [-0.25, -0.2) is 19.6 Å². The van der Waals surface area contributed by atoms with Crippen molar-refractivity contribution in [3.63, 3.8) is 0 Å². The number of cyclic esters (lactones) is 2. The Bertz CT molecular complexity index is 1710. The van der Waals surface area contributed by atoms with Gasteiger partial charge in [-0.2, -0.15) is 0 Å². The summed E-state index contributed by atoms with van der Waals surface area (Å²) >= 11 is 0. The molecule has 12 heteroatoms. The third-order valence-corrected chi connectivity index (χ3v) is 11.7. The highest BCUT2D eigenvalue weighted by atomic mass is 16.6. The van der Waals surface area contributed by atoms with Gasteiger partial charge in [-0.05, 0) is 50.4 Å². The summed E-state index contributed by atoms with van der Waals surface area (Å²) in [5, 5.41) is 22.0. The van der Waals surface area contributed by atoms with E-state index in [9.17, 15) is 19.8 Å². The van der Waals surface area contributed by atoms with Crippen LogP contribution in [0.1, 0.15) is 100.0 Å². The van der Waals surface area contributed by atoms with Crippen molar-refractivity contribution in [2.45, 2.75) is 117 Å². The molecule has 3 heterocycles. The SMILES string of the molecule is C/C=C/[C@H](O)C(C)(C)[C@@H]1C/C=C\[C@H]2C[C@H]2/C=C/[C@H](OC)Cc2nc(co2)C(=O)O[C@H](C(C)(C)[C@@H](O)/C=C/C)C/C=C\[C@H]2C[C@H]2/C=C/[C@H](OC)Cc2nc(co2)C(=O)O1. The summed E-state index contributed by atoms with van der Waals surface area (Å²) in [6.07, 6.45) is 25.6. The van der Waals surface area contributed by atoms with Crippen LogP contribution in [0.4, 0.5) is 0 Å². The first-order chi connectivity index (χ1) is 27.7. The Labute approximate surface area is 342 Å². The summed E-state index contributed by atoms with van der Waals surface area (Å²) in [4.78, 5) is 35.8. The standard InChI is InChI=1S/C46H62N2O10/c1-9-13-37(49)45(3,4)39-17-11-15-29-23-31(29)19-21-34(54-8)26-42-48-36(28-56-42)44(52)58-40(46(5,6)38(50)14-10-2)18-12-16-30-24-32(30)20-22-33(53-7)25-41-47-35(27-55-41)43(51)57-39/h9-16,19-22,27-34,37-40,49-50H,17-18,23-26H2,1-8H3/b13-9+,14-10+,15-11-,16-12-,21-19+,22-20+/t29-,30-,31+,32+,33-,34-,37-,38-,39-,40-/m0/s1. The van der Waals surface area contributed by atoms with Crippen LogP contribution in [-0.4, -0.2) is 83.0 Å². The van der Waals surface area contributed by atoms with Crippen molar-refractivity contribution < 1.29 is 47.6 Å². The summed E-state index contributed by atoms with van der Waals surface area (Å²) in [5.41, 5.74) is -1.51. The van der Waals surface area contributed by atoms with E-state index in [0.717, 1.165) is 12.8 Å². The molecule has 12 nitrogen and oxygen atoms in total. The van der Waals surface area contributed by atoms with Gasteiger partial charge in [0.15, 0.2) is 23.2 Å². The molecule has 4 bridgehead atoms. The largest absolute Gasteiger partial charge is 0.457 e. The second kappa shape index (κ2) is 20.1. The van der Waals surface area contributed by atoms with Crippen LogP contribution in [0.5, 0.6) is 0 Å². The van der Waals surface area contributed by atoms with Crippen molar-refractivity contribution in [3.8, 4) is 0 Å². The van der Waals surface area contributed by atoms with E-state index in [-0.39, 0.29) is 23.6 Å². The van der Waals surface area contributed by atoms with Crippen LogP contribution in [0.3, 0.4) is 0 Å². The number of nitrogens with zero attached hydrogens (tertiary/aromatic N) is 2. The summed E-state index contributed by atoms with van der Waals surface area (Å²) in [5.74, 6) is 0.609. The first-order valence-corrected chi connectivity index (χ1v) is 20.4. The molecular weight excluding hydrogens is 741 g/mol. The molecule has 0 amide bonds. The van der Waals surface area contributed by atoms with Crippen molar-refractivity contribution in [1.29, 1.82) is 0 Å². The van der Waals surface area contributed by atoms with E-state index in [1.165, 1.54) is 12.5 Å². The Balaban J connectivity index is 1.38. The molecule has 2 saturated carbocycles. The number of ether oxygens (including phenoxy) is 4. The predicted octanol–water partition coefficient (Wildman–Crippen LogP) is 7.75. The highest BCUT2D eigenvalue weighted by Gasteiger charge is 2.40. The first-order valence-electron chi connectivity index (χ1n) is 20.4. The maximum absolute atomic E-state index is 13.5. The van der Waals surface area contributed by atoms with Gasteiger partial charge in [0.25, 0.3) is 0 Å². The fourth-order valence-electron chi connectivity index (χ4n) is 7.07. The Morgan fingerprint density at radius 2 is 1.03 bits per heavy atom. The molecular formula is C46H62N2O10. The fourth-order valence-corrected chi connectivity index (χ4v) is 7.07. The molecule has 10 atom stereocenters. The van der Waals surface area contributed by atoms with E-state index >= 15 is 0 Å². The zero-order valence-corrected chi connectivity index (χ0v) is 35.2. The molecule has 0 aromatic carbocycles. The number of carbonyl (C=O) groups is 2. The Hall–Kier alpha value is -4.36. The topological polar surface area (TPSA) is 164 Å². The van der Waals surface area contributed by atoms with Crippen LogP contribution in [-0.2, 0) is 31.8 Å². The number of aromatic nitrogens is 2. The lowest BCUT2D eigenvalue weighted by atomic mass is 9.79. The molecule has 1 aliphatic heterocycles. The number of oxazole rings is 2. The predicted molar refractivity (Wildman–Crippen MR) is 219 cm³/mol. The molecule has 2 aromatic heterocycles. The van der Waals surface area contributed by atoms with E-state index in [1.807, 2.05) is 65.8 Å². The third kappa shape index (κ3) is 11.9. The van der Waals surface area contributed by atoms with E-state index < -0.39 is 47.2 Å². The van der Waals surface area contributed by atoms with E-state index in [0.29, 0.717) is 61.1 Å². The maximum atomic E-state index is 13.5. The van der Waals surface area contributed by atoms with Gasteiger partial charge in [0, 0.05) is 37.9 Å². The number of allylic oxidation sites excluding steroid dienone is 6. The van der Waals surface area contributed by atoms with E-state index in [2.05, 4.69) is 34.3 Å². The smallest absolute Gasteiger partial charge is 0.360 e. The van der Waals surface area contributed by atoms with Crippen LogP contribution in [0.25, 0.3) is 0 Å². The maximum Gasteiger partial charge on any atom is 0.360 e. The summed E-state index contributed by atoms with van der Waals surface area (Å²) < 4.78 is 34.9. The number of aliphatic hydroxyl groups excluding tert-OH is 2. The monoisotopic (exact) mass is 802 g/mol. The highest BCUT2D eigenvalue weighted by molar-refractivity contribution is 5.87. The lowest BCUT2D eigenvalue weighted by molar-refractivity contribution is -0.0461. The summed E-state index contributed by atoms with van der Waals surface area (Å²) in [6, 6.07) is 0. The van der Waals surface area contributed by atoms with Gasteiger partial charge in [-0.1, -0.05) is 101 Å². The van der Waals surface area contributed by atoms with Crippen molar-refractivity contribution >= 4 is 11.9 Å². The molecule has 2 aliphatic carbocycles. The van der Waals surface area contributed by atoms with Crippen molar-refractivity contribution in [3.05, 3.63) is 109 Å². The van der Waals surface area contributed by atoms with Gasteiger partial charge in [0.1, 0.15) is 24.7 Å². The highest BCUT2D eigenvalue weighted by Crippen LogP contribution is 2.43. The summed E-state index contributed by atoms with van der Waals surface area (Å²) in [6.45, 7) is 11.2. The zero-order valence-electron chi connectivity index (χ0n) is 35.2. The second-order valence-electron chi connectivity index (χ2n) is 16.8. The lowest BCUT2D eigenvalue weighted by Gasteiger charge is -2.36. The molecule has 316 valence electrons. The minimum atomic E-state index is -0.852. The first kappa shape index (κ1) is 44.7. The molecule has 0 spiro atoms. The van der Waals surface area contributed by atoms with Crippen LogP contribution >= 0.6 is 0 Å². The molecule has 0 radical (unpaired) electrons. The van der Waals surface area contributed by atoms with E-state index in [4.69, 9.17) is 27.8 Å². The van der Waals surface area contributed by atoms with Crippen molar-refractivity contribution in [1.82, 2.24) is 9.97 Å². The molecule has 3 aliphatic rings. The number of hydrogen-bond donors (Lipinski definition) is 2. The Morgan fingerprint density at radius 1 is 0.655 bits per heavy atom. The van der Waals surface area contributed by atoms with Gasteiger partial charge in [-0.15, -0.1) is 0 Å².